The molecule has 2 saturated heterocycles. The van der Waals surface area contributed by atoms with Crippen molar-refractivity contribution in [2.45, 2.75) is 18.6 Å². The molecular weight excluding hydrogens is 310 g/mol. The summed E-state index contributed by atoms with van der Waals surface area (Å²) in [5, 5.41) is 0. The summed E-state index contributed by atoms with van der Waals surface area (Å²) in [5.41, 5.74) is 0.0478. The maximum Gasteiger partial charge on any atom is 0.312 e. The van der Waals surface area contributed by atoms with Gasteiger partial charge < -0.3 is 19.1 Å². The standard InChI is InChI=1S/C18H19NO5/c1-3-23-17(21)14-13-8-9-18(24-13)10-19(16(20)15(14)18)11-4-6-12(22-2)7-5-11/h4-9,13-15H,3,10H2,1-2H3/t13-,14-,15+,18-/m1/s1. The van der Waals surface area contributed by atoms with Crippen molar-refractivity contribution in [3.63, 3.8) is 0 Å². The van der Waals surface area contributed by atoms with Crippen LogP contribution in [0.1, 0.15) is 6.92 Å². The third-order valence-corrected chi connectivity index (χ3v) is 5.04. The van der Waals surface area contributed by atoms with Crippen LogP contribution in [0, 0.1) is 11.8 Å². The number of hydrogen-bond acceptors (Lipinski definition) is 5. The zero-order chi connectivity index (χ0) is 16.9. The molecule has 3 heterocycles. The number of rotatable bonds is 4. The Bertz CT molecular complexity index is 713. The van der Waals surface area contributed by atoms with Crippen LogP contribution < -0.4 is 9.64 Å². The molecule has 24 heavy (non-hydrogen) atoms. The average molecular weight is 329 g/mol. The summed E-state index contributed by atoms with van der Waals surface area (Å²) in [5.74, 6) is -0.807. The van der Waals surface area contributed by atoms with E-state index in [-0.39, 0.29) is 18.0 Å². The fourth-order valence-electron chi connectivity index (χ4n) is 3.99. The highest BCUT2D eigenvalue weighted by molar-refractivity contribution is 6.02. The molecule has 1 spiro atoms. The number of carbonyl (C=O) groups excluding carboxylic acids is 2. The first kappa shape index (κ1) is 15.2. The van der Waals surface area contributed by atoms with Crippen LogP contribution in [0.3, 0.4) is 0 Å². The largest absolute Gasteiger partial charge is 0.497 e. The summed E-state index contributed by atoms with van der Waals surface area (Å²) < 4.78 is 16.4. The first-order valence-corrected chi connectivity index (χ1v) is 8.09. The SMILES string of the molecule is CCOC(=O)[C@H]1[C@H]2C(=O)N(c3ccc(OC)cc3)C[C@]23C=C[C@H]1O3. The molecule has 6 heteroatoms. The predicted molar refractivity (Wildman–Crippen MR) is 85.7 cm³/mol. The highest BCUT2D eigenvalue weighted by Gasteiger charge is 2.67. The molecule has 4 atom stereocenters. The van der Waals surface area contributed by atoms with Gasteiger partial charge in [-0.3, -0.25) is 9.59 Å². The summed E-state index contributed by atoms with van der Waals surface area (Å²) in [6.45, 7) is 2.46. The number of nitrogens with zero attached hydrogens (tertiary/aromatic N) is 1. The number of methoxy groups -OCH3 is 1. The molecule has 0 N–H and O–H groups in total. The van der Waals surface area contributed by atoms with Crippen LogP contribution in [0.2, 0.25) is 0 Å². The maximum atomic E-state index is 13.0. The quantitative estimate of drug-likeness (QED) is 0.619. The van der Waals surface area contributed by atoms with Crippen LogP contribution >= 0.6 is 0 Å². The molecule has 0 saturated carbocycles. The van der Waals surface area contributed by atoms with Crippen molar-refractivity contribution in [1.82, 2.24) is 0 Å². The number of carbonyl (C=O) groups is 2. The van der Waals surface area contributed by atoms with Gasteiger partial charge in [-0.15, -0.1) is 0 Å². The molecule has 6 nitrogen and oxygen atoms in total. The first-order chi connectivity index (χ1) is 11.6. The zero-order valence-corrected chi connectivity index (χ0v) is 13.6. The highest BCUT2D eigenvalue weighted by Crippen LogP contribution is 2.52. The van der Waals surface area contributed by atoms with Crippen LogP contribution in [0.5, 0.6) is 5.75 Å². The smallest absolute Gasteiger partial charge is 0.312 e. The Morgan fingerprint density at radius 3 is 2.79 bits per heavy atom. The summed E-state index contributed by atoms with van der Waals surface area (Å²) in [6, 6.07) is 7.30. The third-order valence-electron chi connectivity index (χ3n) is 5.04. The molecule has 3 aliphatic rings. The summed E-state index contributed by atoms with van der Waals surface area (Å²) in [7, 11) is 1.60. The number of amides is 1. The minimum absolute atomic E-state index is 0.0925. The number of anilines is 1. The third kappa shape index (κ3) is 1.99. The molecule has 1 aromatic carbocycles. The summed E-state index contributed by atoms with van der Waals surface area (Å²) >= 11 is 0. The van der Waals surface area contributed by atoms with Gasteiger partial charge in [0.1, 0.15) is 17.3 Å². The van der Waals surface area contributed by atoms with E-state index in [1.807, 2.05) is 36.4 Å². The molecule has 2 fully saturated rings. The second kappa shape index (κ2) is 5.34. The van der Waals surface area contributed by atoms with Crippen LogP contribution in [-0.4, -0.2) is 43.8 Å². The van der Waals surface area contributed by atoms with Crippen molar-refractivity contribution < 1.29 is 23.8 Å². The lowest BCUT2D eigenvalue weighted by Crippen LogP contribution is -2.40. The minimum atomic E-state index is -0.723. The lowest BCUT2D eigenvalue weighted by molar-refractivity contribution is -0.151. The molecule has 2 bridgehead atoms. The Kier molecular flexibility index (Phi) is 3.38. The van der Waals surface area contributed by atoms with Gasteiger partial charge in [0.25, 0.3) is 0 Å². The zero-order valence-electron chi connectivity index (χ0n) is 13.6. The van der Waals surface area contributed by atoms with Gasteiger partial charge in [-0.1, -0.05) is 12.2 Å². The van der Waals surface area contributed by atoms with Crippen LogP contribution in [0.25, 0.3) is 0 Å². The maximum absolute atomic E-state index is 13.0. The molecule has 3 aliphatic heterocycles. The average Bonchev–Trinajstić information content (AvgIpc) is 3.23. The molecule has 0 unspecified atom stereocenters. The molecule has 1 aromatic rings. The Balaban J connectivity index is 1.65. The van der Waals surface area contributed by atoms with Crippen molar-refractivity contribution in [2.75, 3.05) is 25.2 Å². The molecule has 0 aliphatic carbocycles. The number of esters is 1. The molecule has 0 aromatic heterocycles. The van der Waals surface area contributed by atoms with Gasteiger partial charge in [0, 0.05) is 5.69 Å². The van der Waals surface area contributed by atoms with E-state index in [1.54, 1.807) is 18.9 Å². The fraction of sp³-hybridized carbons (Fsp3) is 0.444. The van der Waals surface area contributed by atoms with Crippen molar-refractivity contribution in [3.8, 4) is 5.75 Å². The van der Waals surface area contributed by atoms with E-state index < -0.39 is 17.4 Å². The molecule has 4 rings (SSSR count). The van der Waals surface area contributed by atoms with Crippen molar-refractivity contribution in [1.29, 1.82) is 0 Å². The highest BCUT2D eigenvalue weighted by atomic mass is 16.6. The number of ether oxygens (including phenoxy) is 3. The van der Waals surface area contributed by atoms with E-state index in [9.17, 15) is 9.59 Å². The molecule has 126 valence electrons. The van der Waals surface area contributed by atoms with E-state index in [4.69, 9.17) is 14.2 Å². The van der Waals surface area contributed by atoms with Crippen molar-refractivity contribution in [2.24, 2.45) is 11.8 Å². The van der Waals surface area contributed by atoms with E-state index in [1.165, 1.54) is 0 Å². The van der Waals surface area contributed by atoms with E-state index in [0.717, 1.165) is 11.4 Å². The number of benzene rings is 1. The van der Waals surface area contributed by atoms with Gasteiger partial charge in [0.15, 0.2) is 0 Å². The van der Waals surface area contributed by atoms with Crippen molar-refractivity contribution in [3.05, 3.63) is 36.4 Å². The molecular formula is C18H19NO5. The monoisotopic (exact) mass is 329 g/mol. The van der Waals surface area contributed by atoms with Gasteiger partial charge in [0.05, 0.1) is 32.3 Å². The Morgan fingerprint density at radius 2 is 2.12 bits per heavy atom. The van der Waals surface area contributed by atoms with Gasteiger partial charge >= 0.3 is 5.97 Å². The van der Waals surface area contributed by atoms with Crippen LogP contribution in [-0.2, 0) is 19.1 Å². The fourth-order valence-corrected chi connectivity index (χ4v) is 3.99. The van der Waals surface area contributed by atoms with E-state index >= 15 is 0 Å². The first-order valence-electron chi connectivity index (χ1n) is 8.09. The van der Waals surface area contributed by atoms with Crippen LogP contribution in [0.15, 0.2) is 36.4 Å². The van der Waals surface area contributed by atoms with Crippen molar-refractivity contribution >= 4 is 17.6 Å². The predicted octanol–water partition coefficient (Wildman–Crippen LogP) is 1.54. The van der Waals surface area contributed by atoms with Gasteiger partial charge in [-0.2, -0.15) is 0 Å². The lowest BCUT2D eigenvalue weighted by Gasteiger charge is -2.22. The summed E-state index contributed by atoms with van der Waals surface area (Å²) in [6.07, 6.45) is 3.44. The topological polar surface area (TPSA) is 65.1 Å². The number of hydrogen-bond donors (Lipinski definition) is 0. The molecule has 1 amide bonds. The Morgan fingerprint density at radius 1 is 1.38 bits per heavy atom. The second-order valence-corrected chi connectivity index (χ2v) is 6.27. The molecule has 0 radical (unpaired) electrons. The van der Waals surface area contributed by atoms with Gasteiger partial charge in [0.2, 0.25) is 5.91 Å². The minimum Gasteiger partial charge on any atom is -0.497 e. The summed E-state index contributed by atoms with van der Waals surface area (Å²) in [4.78, 5) is 27.0. The lowest BCUT2D eigenvalue weighted by atomic mass is 9.77. The number of fused-ring (bicyclic) bond motifs is 1. The van der Waals surface area contributed by atoms with Gasteiger partial charge in [-0.05, 0) is 31.2 Å². The Labute approximate surface area is 140 Å². The normalized spacial score (nSPS) is 33.0. The van der Waals surface area contributed by atoms with Crippen LogP contribution in [0.4, 0.5) is 5.69 Å². The Hall–Kier alpha value is -2.34. The van der Waals surface area contributed by atoms with Gasteiger partial charge in [-0.25, -0.2) is 0 Å². The second-order valence-electron chi connectivity index (χ2n) is 6.27. The van der Waals surface area contributed by atoms with E-state index in [2.05, 4.69) is 0 Å². The van der Waals surface area contributed by atoms with E-state index in [0.29, 0.717) is 13.2 Å².